The van der Waals surface area contributed by atoms with Gasteiger partial charge in [-0.25, -0.2) is 0 Å². The molecule has 8 aromatic carbocycles. The molecule has 8 rings (SSSR count). The standard InChI is InChI=1S/2C25H18N4O7.Cu/c2*1-36-17-9-6-15(7-10-17)26-24(31)20-12-14-4-2-3-5-18(14)22(23(20)30)28-27-21-13-16(29(34)35)8-11-19(21)25(32)33;/h2*2-13,30H,1H3,(H,26,31)(H,32,33);/q;;+2/p-2. The molecular formula is C50H34CuN8O14. The quantitative estimate of drug-likeness (QED) is 0.0452. The fourth-order valence-corrected chi connectivity index (χ4v) is 6.89. The summed E-state index contributed by atoms with van der Waals surface area (Å²) in [6.07, 6.45) is 0. The zero-order chi connectivity index (χ0) is 51.6. The molecule has 23 heteroatoms. The second-order valence-corrected chi connectivity index (χ2v) is 14.9. The van der Waals surface area contributed by atoms with E-state index in [0.29, 0.717) is 44.4 Å². The minimum Gasteiger partial charge on any atom is -0.870 e. The van der Waals surface area contributed by atoms with Crippen LogP contribution in [0, 0.1) is 20.2 Å². The van der Waals surface area contributed by atoms with E-state index >= 15 is 0 Å². The van der Waals surface area contributed by atoms with Gasteiger partial charge in [0.15, 0.2) is 0 Å². The van der Waals surface area contributed by atoms with Crippen LogP contribution in [0.2, 0.25) is 0 Å². The maximum absolute atomic E-state index is 13.3. The molecule has 0 aliphatic carbocycles. The van der Waals surface area contributed by atoms with Gasteiger partial charge in [0, 0.05) is 68.7 Å². The maximum atomic E-state index is 13.3. The second kappa shape index (κ2) is 23.0. The fraction of sp³-hybridized carbons (Fsp3) is 0.0400. The molecule has 0 fully saturated rings. The van der Waals surface area contributed by atoms with E-state index in [2.05, 4.69) is 31.1 Å². The molecule has 0 saturated carbocycles. The van der Waals surface area contributed by atoms with Crippen molar-refractivity contribution in [2.24, 2.45) is 20.5 Å². The molecule has 73 heavy (non-hydrogen) atoms. The number of fused-ring (bicyclic) bond motifs is 2. The van der Waals surface area contributed by atoms with Gasteiger partial charge in [0.25, 0.3) is 23.2 Å². The number of carbonyl (C=O) groups excluding carboxylic acids is 4. The predicted molar refractivity (Wildman–Crippen MR) is 254 cm³/mol. The van der Waals surface area contributed by atoms with Gasteiger partial charge in [0.05, 0.1) is 47.4 Å². The van der Waals surface area contributed by atoms with Crippen molar-refractivity contribution in [2.75, 3.05) is 24.9 Å². The zero-order valence-electron chi connectivity index (χ0n) is 39.6. The van der Waals surface area contributed by atoms with Crippen molar-refractivity contribution in [2.45, 2.75) is 0 Å². The van der Waals surface area contributed by atoms with E-state index in [-0.39, 0.29) is 53.8 Å². The van der Waals surface area contributed by atoms with Gasteiger partial charge in [0.2, 0.25) is 0 Å². The van der Waals surface area contributed by atoms with Gasteiger partial charge >= 0.3 is 19.9 Å². The fourth-order valence-electron chi connectivity index (χ4n) is 6.89. The van der Waals surface area contributed by atoms with E-state index in [0.717, 1.165) is 36.4 Å². The molecule has 0 saturated heterocycles. The van der Waals surface area contributed by atoms with Crippen LogP contribution in [0.4, 0.5) is 45.5 Å². The number of anilines is 2. The first-order valence-corrected chi connectivity index (χ1v) is 20.8. The zero-order valence-corrected chi connectivity index (χ0v) is 38.5. The molecule has 2 N–H and O–H groups in total. The van der Waals surface area contributed by atoms with Crippen molar-refractivity contribution in [3.05, 3.63) is 188 Å². The molecule has 369 valence electrons. The van der Waals surface area contributed by atoms with Gasteiger partial charge in [0.1, 0.15) is 22.9 Å². The summed E-state index contributed by atoms with van der Waals surface area (Å²) in [5.41, 5.74) is -2.56. The number of nitro benzene ring substituents is 2. The Hall–Kier alpha value is -10.1. The summed E-state index contributed by atoms with van der Waals surface area (Å²) in [6, 6.07) is 34.7. The van der Waals surface area contributed by atoms with Gasteiger partial charge in [-0.3, -0.25) is 29.8 Å². The number of hydrogen-bond donors (Lipinski definition) is 2. The van der Waals surface area contributed by atoms with Gasteiger partial charge in [-0.1, -0.05) is 60.0 Å². The Morgan fingerprint density at radius 3 is 1.18 bits per heavy atom. The van der Waals surface area contributed by atoms with Crippen LogP contribution in [-0.2, 0) is 17.1 Å². The Balaban J connectivity index is 0.000000312. The van der Waals surface area contributed by atoms with Gasteiger partial charge < -0.3 is 50.1 Å². The van der Waals surface area contributed by atoms with Gasteiger partial charge in [-0.2, -0.15) is 10.2 Å². The summed E-state index contributed by atoms with van der Waals surface area (Å²) in [7, 11) is 3.01. The summed E-state index contributed by atoms with van der Waals surface area (Å²) < 4.78 is 10.2. The molecule has 22 nitrogen and oxygen atoms in total. The van der Waals surface area contributed by atoms with Crippen LogP contribution in [0.1, 0.15) is 44.3 Å². The number of methoxy groups -OCH3 is 2. The maximum Gasteiger partial charge on any atom is 2.00 e. The molecule has 0 heterocycles. The Bertz CT molecular complexity index is 3320. The van der Waals surface area contributed by atoms with Crippen LogP contribution in [-0.4, -0.2) is 47.8 Å². The first-order valence-electron chi connectivity index (χ1n) is 20.8. The molecular weight excluding hydrogens is 1000 g/mol. The van der Waals surface area contributed by atoms with E-state index in [1.807, 2.05) is 0 Å². The third-order valence-electron chi connectivity index (χ3n) is 10.5. The summed E-state index contributed by atoms with van der Waals surface area (Å²) in [6.45, 7) is 0. The molecule has 0 aliphatic heterocycles. The van der Waals surface area contributed by atoms with Crippen molar-refractivity contribution >= 4 is 90.8 Å². The SMILES string of the molecule is COc1ccc(NC(=O)c2cc3ccccc3c(N=Nc3cc([N+](=O)[O-])ccc3C(=O)[O-])c2[O-])cc1.COc1ccc(NC(=O)c2cc3ccccc3c(N=Nc3cc([N+](=O)[O-])ccc3C(=O)[O-])c2[O-])cc1.[Cu+2].[H+].[H+]. The molecule has 2 amide bonds. The number of ether oxygens (including phenoxy) is 2. The average molecular weight is 1030 g/mol. The van der Waals surface area contributed by atoms with Crippen LogP contribution in [0.25, 0.3) is 21.5 Å². The Kier molecular flexibility index (Phi) is 16.5. The summed E-state index contributed by atoms with van der Waals surface area (Å²) in [5.74, 6) is -4.99. The number of aromatic carboxylic acids is 2. The van der Waals surface area contributed by atoms with E-state index in [9.17, 15) is 59.8 Å². The number of nitrogens with one attached hydrogen (secondary N) is 2. The minimum atomic E-state index is -1.63. The summed E-state index contributed by atoms with van der Waals surface area (Å²) >= 11 is 0. The Morgan fingerprint density at radius 2 is 0.849 bits per heavy atom. The second-order valence-electron chi connectivity index (χ2n) is 14.9. The number of rotatable bonds is 14. The van der Waals surface area contributed by atoms with Crippen molar-refractivity contribution in [3.8, 4) is 23.0 Å². The van der Waals surface area contributed by atoms with Gasteiger partial charge in [-0.05, 0) is 83.6 Å². The summed E-state index contributed by atoms with van der Waals surface area (Å²) in [4.78, 5) is 69.6. The molecule has 0 unspecified atom stereocenters. The largest absolute Gasteiger partial charge is 2.00 e. The Labute approximate surface area is 424 Å². The van der Waals surface area contributed by atoms with E-state index < -0.39 is 67.6 Å². The summed E-state index contributed by atoms with van der Waals surface area (Å²) in [5, 5.41) is 94.1. The third kappa shape index (κ3) is 12.0. The van der Waals surface area contributed by atoms with Crippen molar-refractivity contribution in [3.63, 3.8) is 0 Å². The van der Waals surface area contributed by atoms with Crippen LogP contribution >= 0.6 is 0 Å². The number of non-ortho nitro benzene ring substituents is 2. The normalized spacial score (nSPS) is 10.8. The van der Waals surface area contributed by atoms with E-state index in [1.165, 1.54) is 26.4 Å². The number of nitrogens with zero attached hydrogens (tertiary/aromatic N) is 6. The minimum absolute atomic E-state index is 0. The molecule has 0 aliphatic rings. The number of nitro groups is 2. The van der Waals surface area contributed by atoms with Crippen molar-refractivity contribution in [1.82, 2.24) is 0 Å². The predicted octanol–water partition coefficient (Wildman–Crippen LogP) is 7.95. The molecule has 0 aromatic heterocycles. The molecule has 1 radical (unpaired) electrons. The van der Waals surface area contributed by atoms with Crippen LogP contribution in [0.15, 0.2) is 166 Å². The first-order chi connectivity index (χ1) is 34.6. The van der Waals surface area contributed by atoms with Crippen LogP contribution in [0.3, 0.4) is 0 Å². The molecule has 0 bridgehead atoms. The number of benzene rings is 8. The van der Waals surface area contributed by atoms with Crippen LogP contribution < -0.4 is 40.5 Å². The van der Waals surface area contributed by atoms with Crippen LogP contribution in [0.5, 0.6) is 23.0 Å². The number of azo groups is 2. The molecule has 0 atom stereocenters. The number of hydrogen-bond acceptors (Lipinski definition) is 18. The smallest absolute Gasteiger partial charge is 0.870 e. The Morgan fingerprint density at radius 1 is 0.493 bits per heavy atom. The van der Waals surface area contributed by atoms with E-state index in [1.54, 1.807) is 97.1 Å². The number of carboxylic acid groups (broad SMARTS) is 2. The molecule has 8 aromatic rings. The third-order valence-corrected chi connectivity index (χ3v) is 10.5. The number of amides is 2. The number of carbonyl (C=O) groups is 4. The first kappa shape index (κ1) is 52.3. The van der Waals surface area contributed by atoms with Gasteiger partial charge in [-0.15, -0.1) is 10.2 Å². The monoisotopic (exact) mass is 1030 g/mol. The van der Waals surface area contributed by atoms with Crippen molar-refractivity contribution < 1.29 is 78.8 Å². The topological polar surface area (TPSA) is 339 Å². The average Bonchev–Trinajstić information content (AvgIpc) is 3.38. The van der Waals surface area contributed by atoms with E-state index in [4.69, 9.17) is 9.47 Å². The van der Waals surface area contributed by atoms with Crippen molar-refractivity contribution in [1.29, 1.82) is 0 Å². The molecule has 0 spiro atoms. The number of carboxylic acids is 2.